The van der Waals surface area contributed by atoms with Crippen molar-refractivity contribution in [2.45, 2.75) is 51.6 Å². The van der Waals surface area contributed by atoms with Crippen molar-refractivity contribution in [3.63, 3.8) is 0 Å². The van der Waals surface area contributed by atoms with Crippen LogP contribution in [-0.2, 0) is 17.8 Å². The van der Waals surface area contributed by atoms with E-state index < -0.39 is 0 Å². The van der Waals surface area contributed by atoms with Gasteiger partial charge in [-0.15, -0.1) is 0 Å². The van der Waals surface area contributed by atoms with Crippen LogP contribution in [0.1, 0.15) is 42.6 Å². The molecule has 0 radical (unpaired) electrons. The number of H-pyrrole nitrogens is 1. The zero-order valence-electron chi connectivity index (χ0n) is 18.1. The van der Waals surface area contributed by atoms with E-state index in [9.17, 15) is 4.79 Å². The van der Waals surface area contributed by atoms with E-state index in [0.717, 1.165) is 50.3 Å². The third kappa shape index (κ3) is 5.70. The van der Waals surface area contributed by atoms with Gasteiger partial charge >= 0.3 is 0 Å². The molecule has 2 aromatic rings. The van der Waals surface area contributed by atoms with Crippen molar-refractivity contribution < 1.29 is 4.79 Å². The number of nitrogens with zero attached hydrogens (tertiary/aromatic N) is 3. The van der Waals surface area contributed by atoms with Crippen LogP contribution in [0.2, 0.25) is 0 Å². The normalized spacial score (nSPS) is 21.6. The van der Waals surface area contributed by atoms with Crippen LogP contribution in [0.15, 0.2) is 36.4 Å². The van der Waals surface area contributed by atoms with Crippen LogP contribution in [0.3, 0.4) is 0 Å². The van der Waals surface area contributed by atoms with Gasteiger partial charge in [-0.3, -0.25) is 14.8 Å². The van der Waals surface area contributed by atoms with E-state index in [1.807, 2.05) is 13.0 Å². The smallest absolute Gasteiger partial charge is 0.224 e. The highest BCUT2D eigenvalue weighted by molar-refractivity contribution is 5.78. The molecule has 6 heteroatoms. The number of rotatable bonds is 7. The molecule has 1 aromatic heterocycles. The molecule has 3 heterocycles. The number of aromatic amines is 1. The zero-order valence-corrected chi connectivity index (χ0v) is 18.1. The van der Waals surface area contributed by atoms with Gasteiger partial charge in [-0.2, -0.15) is 5.10 Å². The van der Waals surface area contributed by atoms with Gasteiger partial charge in [-0.25, -0.2) is 0 Å². The summed E-state index contributed by atoms with van der Waals surface area (Å²) in [4.78, 5) is 17.9. The fourth-order valence-corrected chi connectivity index (χ4v) is 4.88. The number of aryl methyl sites for hydroxylation is 1. The van der Waals surface area contributed by atoms with Crippen molar-refractivity contribution in [1.82, 2.24) is 25.3 Å². The van der Waals surface area contributed by atoms with E-state index in [0.29, 0.717) is 12.6 Å². The molecular formula is C24H35N5O. The monoisotopic (exact) mass is 409 g/mol. The molecule has 30 heavy (non-hydrogen) atoms. The first kappa shape index (κ1) is 21.1. The molecule has 1 aromatic carbocycles. The van der Waals surface area contributed by atoms with E-state index in [2.05, 4.69) is 55.6 Å². The van der Waals surface area contributed by atoms with Gasteiger partial charge in [0.15, 0.2) is 0 Å². The van der Waals surface area contributed by atoms with Crippen molar-refractivity contribution in [3.8, 4) is 0 Å². The van der Waals surface area contributed by atoms with E-state index >= 15 is 0 Å². The SMILES string of the molecule is Cc1cc(CNC(=O)[C@@H]2CCCN(C3CCN(CCc4ccccc4)CC3)C2)n[nH]1. The van der Waals surface area contributed by atoms with Crippen molar-refractivity contribution in [2.75, 3.05) is 32.7 Å². The first-order valence-electron chi connectivity index (χ1n) is 11.5. The first-order chi connectivity index (χ1) is 14.7. The molecule has 6 nitrogen and oxygen atoms in total. The van der Waals surface area contributed by atoms with Gasteiger partial charge < -0.3 is 10.2 Å². The predicted octanol–water partition coefficient (Wildman–Crippen LogP) is 2.75. The van der Waals surface area contributed by atoms with Gasteiger partial charge in [0.2, 0.25) is 5.91 Å². The second kappa shape index (κ2) is 10.2. The van der Waals surface area contributed by atoms with E-state index in [1.54, 1.807) is 0 Å². The number of amides is 1. The minimum atomic E-state index is 0.106. The summed E-state index contributed by atoms with van der Waals surface area (Å²) in [5.41, 5.74) is 3.35. The highest BCUT2D eigenvalue weighted by Crippen LogP contribution is 2.24. The quantitative estimate of drug-likeness (QED) is 0.738. The summed E-state index contributed by atoms with van der Waals surface area (Å²) < 4.78 is 0. The van der Waals surface area contributed by atoms with E-state index in [1.165, 1.54) is 31.5 Å². The highest BCUT2D eigenvalue weighted by atomic mass is 16.1. The number of aromatic nitrogens is 2. The van der Waals surface area contributed by atoms with Crippen LogP contribution in [-0.4, -0.2) is 64.7 Å². The minimum Gasteiger partial charge on any atom is -0.350 e. The summed E-state index contributed by atoms with van der Waals surface area (Å²) in [6.45, 7) is 8.02. The molecule has 2 N–H and O–H groups in total. The van der Waals surface area contributed by atoms with Gasteiger partial charge in [-0.1, -0.05) is 30.3 Å². The Balaban J connectivity index is 1.19. The molecule has 2 aliphatic heterocycles. The van der Waals surface area contributed by atoms with Gasteiger partial charge in [0.1, 0.15) is 0 Å². The fourth-order valence-electron chi connectivity index (χ4n) is 4.88. The Morgan fingerprint density at radius 1 is 1.17 bits per heavy atom. The van der Waals surface area contributed by atoms with Crippen LogP contribution in [0.25, 0.3) is 0 Å². The number of benzene rings is 1. The number of nitrogens with one attached hydrogen (secondary N) is 2. The van der Waals surface area contributed by atoms with Crippen LogP contribution >= 0.6 is 0 Å². The highest BCUT2D eigenvalue weighted by Gasteiger charge is 2.31. The second-order valence-electron chi connectivity index (χ2n) is 8.90. The summed E-state index contributed by atoms with van der Waals surface area (Å²) in [6.07, 6.45) is 5.68. The Morgan fingerprint density at radius 3 is 2.70 bits per heavy atom. The molecular weight excluding hydrogens is 374 g/mol. The van der Waals surface area contributed by atoms with E-state index in [4.69, 9.17) is 0 Å². The number of likely N-dealkylation sites (tertiary alicyclic amines) is 2. The lowest BCUT2D eigenvalue weighted by Crippen LogP contribution is -2.50. The van der Waals surface area contributed by atoms with Gasteiger partial charge in [0.05, 0.1) is 18.2 Å². The Labute approximate surface area is 180 Å². The van der Waals surface area contributed by atoms with Crippen molar-refractivity contribution in [2.24, 2.45) is 5.92 Å². The maximum Gasteiger partial charge on any atom is 0.224 e. The molecule has 0 unspecified atom stereocenters. The van der Waals surface area contributed by atoms with Crippen LogP contribution in [0.5, 0.6) is 0 Å². The molecule has 1 atom stereocenters. The molecule has 0 saturated carbocycles. The Bertz CT molecular complexity index is 797. The molecule has 2 fully saturated rings. The summed E-state index contributed by atoms with van der Waals surface area (Å²) in [5.74, 6) is 0.288. The lowest BCUT2D eigenvalue weighted by molar-refractivity contribution is -0.127. The number of hydrogen-bond acceptors (Lipinski definition) is 4. The Kier molecular flexibility index (Phi) is 7.18. The maximum absolute atomic E-state index is 12.7. The summed E-state index contributed by atoms with van der Waals surface area (Å²) in [6, 6.07) is 13.4. The molecule has 2 saturated heterocycles. The number of piperidine rings is 2. The molecule has 4 rings (SSSR count). The second-order valence-corrected chi connectivity index (χ2v) is 8.90. The maximum atomic E-state index is 12.7. The van der Waals surface area contributed by atoms with E-state index in [-0.39, 0.29) is 11.8 Å². The fraction of sp³-hybridized carbons (Fsp3) is 0.583. The Morgan fingerprint density at radius 2 is 1.97 bits per heavy atom. The molecule has 0 aliphatic carbocycles. The van der Waals surface area contributed by atoms with Crippen LogP contribution in [0, 0.1) is 12.8 Å². The summed E-state index contributed by atoms with van der Waals surface area (Å²) in [5, 5.41) is 10.2. The molecule has 0 spiro atoms. The Hall–Kier alpha value is -2.18. The van der Waals surface area contributed by atoms with Crippen LogP contribution in [0.4, 0.5) is 0 Å². The van der Waals surface area contributed by atoms with Crippen molar-refractivity contribution in [3.05, 3.63) is 53.3 Å². The van der Waals surface area contributed by atoms with Crippen molar-refractivity contribution >= 4 is 5.91 Å². The number of carbonyl (C=O) groups is 1. The molecule has 1 amide bonds. The number of carbonyl (C=O) groups excluding carboxylic acids is 1. The largest absolute Gasteiger partial charge is 0.350 e. The summed E-state index contributed by atoms with van der Waals surface area (Å²) >= 11 is 0. The third-order valence-corrected chi connectivity index (χ3v) is 6.66. The van der Waals surface area contributed by atoms with Gasteiger partial charge in [0.25, 0.3) is 0 Å². The van der Waals surface area contributed by atoms with Crippen molar-refractivity contribution in [1.29, 1.82) is 0 Å². The van der Waals surface area contributed by atoms with Gasteiger partial charge in [-0.05, 0) is 70.3 Å². The average Bonchev–Trinajstić information content (AvgIpc) is 3.22. The van der Waals surface area contributed by atoms with Crippen LogP contribution < -0.4 is 5.32 Å². The predicted molar refractivity (Wildman–Crippen MR) is 119 cm³/mol. The molecule has 0 bridgehead atoms. The summed E-state index contributed by atoms with van der Waals surface area (Å²) in [7, 11) is 0. The lowest BCUT2D eigenvalue weighted by atomic mass is 9.93. The average molecular weight is 410 g/mol. The first-order valence-corrected chi connectivity index (χ1v) is 11.5. The molecule has 162 valence electrons. The third-order valence-electron chi connectivity index (χ3n) is 6.66. The molecule has 2 aliphatic rings. The zero-order chi connectivity index (χ0) is 20.8. The minimum absolute atomic E-state index is 0.106. The lowest BCUT2D eigenvalue weighted by Gasteiger charge is -2.42. The van der Waals surface area contributed by atoms with Gasteiger partial charge in [0, 0.05) is 24.8 Å². The topological polar surface area (TPSA) is 64.3 Å². The number of hydrogen-bond donors (Lipinski definition) is 2. The standard InChI is InChI=1S/C24H35N5O/c1-19-16-22(27-26-19)17-25-24(30)21-8-5-12-29(18-21)23-10-14-28(15-11-23)13-9-20-6-3-2-4-7-20/h2-4,6-7,16,21,23H,5,8-15,17-18H2,1H3,(H,25,30)(H,26,27)/t21-/m1/s1.